The Labute approximate surface area is 67.0 Å². The maximum absolute atomic E-state index is 10.3. The molecule has 0 unspecified atom stereocenters. The van der Waals surface area contributed by atoms with Crippen molar-refractivity contribution >= 4 is 5.91 Å². The molecule has 0 spiro atoms. The van der Waals surface area contributed by atoms with E-state index in [-0.39, 0.29) is 12.5 Å². The number of primary amides is 1. The van der Waals surface area contributed by atoms with Gasteiger partial charge in [-0.25, -0.2) is 0 Å². The molecule has 0 aliphatic heterocycles. The predicted octanol–water partition coefficient (Wildman–Crippen LogP) is -0.824. The second-order valence-corrected chi connectivity index (χ2v) is 2.60. The number of amides is 1. The Morgan fingerprint density at radius 1 is 1.55 bits per heavy atom. The third-order valence-corrected chi connectivity index (χ3v) is 1.44. The summed E-state index contributed by atoms with van der Waals surface area (Å²) in [4.78, 5) is 12.3. The fourth-order valence-corrected chi connectivity index (χ4v) is 0.806. The fraction of sp³-hybridized carbons (Fsp3) is 0.857. The molecule has 0 atom stereocenters. The molecular weight excluding hydrogens is 144 g/mol. The molecule has 0 fully saturated rings. The number of carbonyl (C=O) groups is 1. The molecule has 1 amide bonds. The summed E-state index contributed by atoms with van der Waals surface area (Å²) in [6.45, 7) is 1.62. The number of aliphatic hydroxyl groups excluding tert-OH is 1. The van der Waals surface area contributed by atoms with Crippen LogP contribution in [-0.2, 0) is 4.79 Å². The summed E-state index contributed by atoms with van der Waals surface area (Å²) in [5.41, 5.74) is 4.95. The molecule has 0 aromatic carbocycles. The molecule has 4 heteroatoms. The zero-order valence-corrected chi connectivity index (χ0v) is 6.92. The van der Waals surface area contributed by atoms with Gasteiger partial charge in [0, 0.05) is 13.0 Å². The van der Waals surface area contributed by atoms with E-state index in [0.29, 0.717) is 13.0 Å². The van der Waals surface area contributed by atoms with E-state index in [1.807, 2.05) is 11.9 Å². The van der Waals surface area contributed by atoms with Gasteiger partial charge in [0.1, 0.15) is 0 Å². The lowest BCUT2D eigenvalue weighted by Gasteiger charge is -2.13. The molecule has 0 bridgehead atoms. The zero-order chi connectivity index (χ0) is 8.69. The van der Waals surface area contributed by atoms with Crippen molar-refractivity contribution in [2.24, 2.45) is 5.73 Å². The van der Waals surface area contributed by atoms with Crippen molar-refractivity contribution in [3.05, 3.63) is 0 Å². The van der Waals surface area contributed by atoms with E-state index in [9.17, 15) is 4.79 Å². The number of nitrogens with two attached hydrogens (primary N) is 1. The quantitative estimate of drug-likeness (QED) is 0.533. The summed E-state index contributed by atoms with van der Waals surface area (Å²) in [5, 5.41) is 8.51. The van der Waals surface area contributed by atoms with Crippen molar-refractivity contribution in [3.8, 4) is 0 Å². The number of nitrogens with zero attached hydrogens (tertiary/aromatic N) is 1. The summed E-state index contributed by atoms with van der Waals surface area (Å²) in [7, 11) is 1.90. The second kappa shape index (κ2) is 6.12. The lowest BCUT2D eigenvalue weighted by Crippen LogP contribution is -2.24. The molecule has 0 rings (SSSR count). The van der Waals surface area contributed by atoms with Gasteiger partial charge < -0.3 is 15.7 Å². The monoisotopic (exact) mass is 160 g/mol. The highest BCUT2D eigenvalue weighted by molar-refractivity contribution is 5.73. The smallest absolute Gasteiger partial charge is 0.217 e. The molecule has 66 valence electrons. The van der Waals surface area contributed by atoms with E-state index in [0.717, 1.165) is 13.0 Å². The van der Waals surface area contributed by atoms with Gasteiger partial charge in [-0.05, 0) is 20.0 Å². The molecule has 0 aliphatic carbocycles. The maximum atomic E-state index is 10.3. The largest absolute Gasteiger partial charge is 0.395 e. The SMILES string of the molecule is CN(CCO)CCCC(N)=O. The molecule has 0 aromatic heterocycles. The number of rotatable bonds is 6. The summed E-state index contributed by atoms with van der Waals surface area (Å²) >= 11 is 0. The summed E-state index contributed by atoms with van der Waals surface area (Å²) < 4.78 is 0. The van der Waals surface area contributed by atoms with Crippen LogP contribution in [0.3, 0.4) is 0 Å². The normalized spacial score (nSPS) is 10.5. The Morgan fingerprint density at radius 2 is 2.18 bits per heavy atom. The van der Waals surface area contributed by atoms with Crippen LogP contribution < -0.4 is 5.73 Å². The van der Waals surface area contributed by atoms with Crippen LogP contribution in [0.2, 0.25) is 0 Å². The Balaban J connectivity index is 3.16. The highest BCUT2D eigenvalue weighted by Gasteiger charge is 1.98. The van der Waals surface area contributed by atoms with E-state index < -0.39 is 0 Å². The first-order valence-electron chi connectivity index (χ1n) is 3.74. The van der Waals surface area contributed by atoms with E-state index in [1.165, 1.54) is 0 Å². The molecule has 0 saturated heterocycles. The van der Waals surface area contributed by atoms with Gasteiger partial charge in [-0.15, -0.1) is 0 Å². The summed E-state index contributed by atoms with van der Waals surface area (Å²) in [5.74, 6) is -0.262. The van der Waals surface area contributed by atoms with E-state index in [4.69, 9.17) is 10.8 Å². The van der Waals surface area contributed by atoms with E-state index >= 15 is 0 Å². The standard InChI is InChI=1S/C7H16N2O2/c1-9(5-6-10)4-2-3-7(8)11/h10H,2-6H2,1H3,(H2,8,11). The van der Waals surface area contributed by atoms with Crippen molar-refractivity contribution in [3.63, 3.8) is 0 Å². The first-order valence-corrected chi connectivity index (χ1v) is 3.74. The number of hydrogen-bond donors (Lipinski definition) is 2. The van der Waals surface area contributed by atoms with E-state index in [1.54, 1.807) is 0 Å². The van der Waals surface area contributed by atoms with Gasteiger partial charge in [0.15, 0.2) is 0 Å². The average Bonchev–Trinajstić information content (AvgIpc) is 1.87. The zero-order valence-electron chi connectivity index (χ0n) is 6.92. The predicted molar refractivity (Wildman–Crippen MR) is 43.0 cm³/mol. The first kappa shape index (κ1) is 10.4. The topological polar surface area (TPSA) is 66.6 Å². The number of likely N-dealkylation sites (N-methyl/N-ethyl adjacent to an activating group) is 1. The lowest BCUT2D eigenvalue weighted by molar-refractivity contribution is -0.118. The molecule has 0 heterocycles. The van der Waals surface area contributed by atoms with Gasteiger partial charge in [-0.3, -0.25) is 4.79 Å². The van der Waals surface area contributed by atoms with Crippen LogP contribution in [-0.4, -0.2) is 42.7 Å². The van der Waals surface area contributed by atoms with Crippen molar-refractivity contribution in [1.29, 1.82) is 0 Å². The highest BCUT2D eigenvalue weighted by Crippen LogP contribution is 1.90. The van der Waals surface area contributed by atoms with Gasteiger partial charge in [0.05, 0.1) is 6.61 Å². The van der Waals surface area contributed by atoms with Crippen LogP contribution in [0.4, 0.5) is 0 Å². The highest BCUT2D eigenvalue weighted by atomic mass is 16.3. The minimum Gasteiger partial charge on any atom is -0.395 e. The van der Waals surface area contributed by atoms with Crippen LogP contribution in [0.15, 0.2) is 0 Å². The van der Waals surface area contributed by atoms with Crippen LogP contribution in [0, 0.1) is 0 Å². The minimum atomic E-state index is -0.262. The second-order valence-electron chi connectivity index (χ2n) is 2.60. The number of aliphatic hydroxyl groups is 1. The Kier molecular flexibility index (Phi) is 5.78. The molecule has 0 saturated carbocycles. The van der Waals surface area contributed by atoms with Crippen LogP contribution in [0.5, 0.6) is 0 Å². The van der Waals surface area contributed by atoms with Crippen molar-refractivity contribution < 1.29 is 9.90 Å². The van der Waals surface area contributed by atoms with Crippen LogP contribution in [0.1, 0.15) is 12.8 Å². The van der Waals surface area contributed by atoms with Crippen LogP contribution >= 0.6 is 0 Å². The maximum Gasteiger partial charge on any atom is 0.217 e. The van der Waals surface area contributed by atoms with Crippen molar-refractivity contribution in [2.45, 2.75) is 12.8 Å². The number of hydrogen-bond acceptors (Lipinski definition) is 3. The fourth-order valence-electron chi connectivity index (χ4n) is 0.806. The first-order chi connectivity index (χ1) is 5.16. The molecular formula is C7H16N2O2. The van der Waals surface area contributed by atoms with Gasteiger partial charge in [-0.1, -0.05) is 0 Å². The van der Waals surface area contributed by atoms with Gasteiger partial charge >= 0.3 is 0 Å². The Morgan fingerprint density at radius 3 is 2.64 bits per heavy atom. The molecule has 0 aliphatic rings. The van der Waals surface area contributed by atoms with Gasteiger partial charge in [0.25, 0.3) is 0 Å². The Hall–Kier alpha value is -0.610. The molecule has 3 N–H and O–H groups in total. The summed E-state index contributed by atoms with van der Waals surface area (Å²) in [6, 6.07) is 0. The molecule has 11 heavy (non-hydrogen) atoms. The van der Waals surface area contributed by atoms with Crippen molar-refractivity contribution in [1.82, 2.24) is 4.90 Å². The van der Waals surface area contributed by atoms with Gasteiger partial charge in [-0.2, -0.15) is 0 Å². The average molecular weight is 160 g/mol. The summed E-state index contributed by atoms with van der Waals surface area (Å²) in [6.07, 6.45) is 1.20. The van der Waals surface area contributed by atoms with Crippen LogP contribution in [0.25, 0.3) is 0 Å². The van der Waals surface area contributed by atoms with Crippen molar-refractivity contribution in [2.75, 3.05) is 26.7 Å². The number of carbonyl (C=O) groups excluding carboxylic acids is 1. The lowest BCUT2D eigenvalue weighted by atomic mass is 10.3. The van der Waals surface area contributed by atoms with E-state index in [2.05, 4.69) is 0 Å². The molecule has 0 aromatic rings. The molecule has 4 nitrogen and oxygen atoms in total. The third kappa shape index (κ3) is 7.29. The minimum absolute atomic E-state index is 0.160. The third-order valence-electron chi connectivity index (χ3n) is 1.44. The van der Waals surface area contributed by atoms with Gasteiger partial charge in [0.2, 0.25) is 5.91 Å². The molecule has 0 radical (unpaired) electrons. The Bertz CT molecular complexity index is 117.